The molecule has 0 aromatic rings. The summed E-state index contributed by atoms with van der Waals surface area (Å²) in [5.74, 6) is -2.16. The predicted octanol–water partition coefficient (Wildman–Crippen LogP) is -2.50. The summed E-state index contributed by atoms with van der Waals surface area (Å²) in [5, 5.41) is 133. The molecule has 5 aliphatic heterocycles. The van der Waals surface area contributed by atoms with Gasteiger partial charge in [-0.3, -0.25) is 14.4 Å². The van der Waals surface area contributed by atoms with Crippen molar-refractivity contribution in [2.45, 2.75) is 247 Å². The monoisotopic (exact) mass is 1180 g/mol. The Bertz CT molecular complexity index is 2340. The summed E-state index contributed by atoms with van der Waals surface area (Å²) in [7, 11) is 1.18. The van der Waals surface area contributed by atoms with E-state index in [1.807, 2.05) is 6.08 Å². The molecule has 28 unspecified atom stereocenters. The molecule has 0 bridgehead atoms. The summed E-state index contributed by atoms with van der Waals surface area (Å²) in [6.45, 7) is 11.9. The summed E-state index contributed by atoms with van der Waals surface area (Å²) in [6.07, 6.45) is -28.4. The van der Waals surface area contributed by atoms with Gasteiger partial charge in [-0.05, 0) is 93.8 Å². The van der Waals surface area contributed by atoms with Crippen LogP contribution in [0, 0.1) is 39.4 Å². The number of cyclic esters (lactones) is 1. The average Bonchev–Trinajstić information content (AvgIpc) is 2.37. The second-order valence-electron chi connectivity index (χ2n) is 26.2. The van der Waals surface area contributed by atoms with Gasteiger partial charge in [0.05, 0.1) is 38.6 Å². The minimum absolute atomic E-state index is 0.00147. The number of ketones is 1. The lowest BCUT2D eigenvalue weighted by atomic mass is 9.40. The van der Waals surface area contributed by atoms with Crippen LogP contribution in [0.4, 0.5) is 0 Å². The van der Waals surface area contributed by atoms with Crippen molar-refractivity contribution >= 4 is 17.7 Å². The van der Waals surface area contributed by atoms with Gasteiger partial charge in [-0.2, -0.15) is 0 Å². The maximum atomic E-state index is 14.6. The molecule has 1 spiro atoms. The smallest absolute Gasteiger partial charge is 0.317 e. The zero-order chi connectivity index (χ0) is 60.1. The van der Waals surface area contributed by atoms with Gasteiger partial charge in [0.25, 0.3) is 0 Å². The molecule has 28 atom stereocenters. The van der Waals surface area contributed by atoms with E-state index in [-0.39, 0.29) is 37.1 Å². The van der Waals surface area contributed by atoms with E-state index in [2.05, 4.69) is 27.7 Å². The van der Waals surface area contributed by atoms with Gasteiger partial charge in [0.2, 0.25) is 0 Å². The molecule has 12 N–H and O–H groups in total. The highest BCUT2D eigenvalue weighted by Crippen LogP contribution is 2.76. The number of hydrogen-bond acceptors (Lipinski definition) is 26. The highest BCUT2D eigenvalue weighted by Gasteiger charge is 2.80. The molecule has 0 amide bonds. The molecule has 4 aliphatic carbocycles. The van der Waals surface area contributed by atoms with Gasteiger partial charge in [-0.1, -0.05) is 39.3 Å². The molecule has 5 heterocycles. The Morgan fingerprint density at radius 1 is 0.646 bits per heavy atom. The Hall–Kier alpha value is -2.49. The number of aliphatic hydroxyl groups is 12. The predicted molar refractivity (Wildman–Crippen MR) is 275 cm³/mol. The van der Waals surface area contributed by atoms with Crippen LogP contribution in [0.2, 0.25) is 0 Å². The fourth-order valence-electron chi connectivity index (χ4n) is 16.4. The number of methoxy groups -OCH3 is 1. The van der Waals surface area contributed by atoms with Gasteiger partial charge in [0, 0.05) is 26.4 Å². The van der Waals surface area contributed by atoms with Crippen molar-refractivity contribution in [1.82, 2.24) is 0 Å². The largest absolute Gasteiger partial charge is 0.460 e. The molecule has 0 radical (unpaired) electrons. The first-order chi connectivity index (χ1) is 38.4. The van der Waals surface area contributed by atoms with Crippen molar-refractivity contribution in [2.75, 3.05) is 33.5 Å². The molecule has 5 saturated heterocycles. The molecule has 0 aromatic carbocycles. The lowest BCUT2D eigenvalue weighted by Gasteiger charge is -2.64. The van der Waals surface area contributed by atoms with Crippen LogP contribution in [0.3, 0.4) is 0 Å². The van der Waals surface area contributed by atoms with Crippen LogP contribution in [0.15, 0.2) is 11.6 Å². The molecule has 9 aliphatic rings. The van der Waals surface area contributed by atoms with Gasteiger partial charge < -0.3 is 113 Å². The van der Waals surface area contributed by atoms with Gasteiger partial charge in [0.15, 0.2) is 36.5 Å². The van der Waals surface area contributed by atoms with E-state index >= 15 is 0 Å². The fourth-order valence-corrected chi connectivity index (χ4v) is 16.4. The summed E-state index contributed by atoms with van der Waals surface area (Å²) in [6, 6.07) is 0. The number of Topliss-reactive ketones (excluding diaryl/α,β-unsaturated/α-hetero) is 1. The van der Waals surface area contributed by atoms with E-state index in [1.165, 1.54) is 14.0 Å². The fraction of sp³-hybridized carbons (Fsp3) is 0.911. The Balaban J connectivity index is 0.882. The Morgan fingerprint density at radius 3 is 1.83 bits per heavy atom. The number of rotatable bonds is 17. The lowest BCUT2D eigenvalue weighted by Crippen LogP contribution is -2.67. The van der Waals surface area contributed by atoms with Crippen LogP contribution in [-0.4, -0.2) is 253 Å². The van der Waals surface area contributed by atoms with Crippen molar-refractivity contribution in [3.8, 4) is 0 Å². The topological polar surface area (TPSA) is 396 Å². The van der Waals surface area contributed by atoms with Crippen LogP contribution in [0.5, 0.6) is 0 Å². The molecule has 8 fully saturated rings. The van der Waals surface area contributed by atoms with Crippen LogP contribution < -0.4 is 0 Å². The van der Waals surface area contributed by atoms with Crippen molar-refractivity contribution in [3.63, 3.8) is 0 Å². The third kappa shape index (κ3) is 10.4. The number of carbonyl (C=O) groups is 3. The number of esters is 2. The highest BCUT2D eigenvalue weighted by molar-refractivity contribution is 5.96. The van der Waals surface area contributed by atoms with E-state index in [0.29, 0.717) is 38.5 Å². The number of aliphatic hydroxyl groups excluding tert-OH is 12. The van der Waals surface area contributed by atoms with Crippen molar-refractivity contribution < 1.29 is 128 Å². The molecule has 82 heavy (non-hydrogen) atoms. The molecule has 26 heteroatoms. The van der Waals surface area contributed by atoms with E-state index in [9.17, 15) is 75.7 Å². The van der Waals surface area contributed by atoms with Crippen LogP contribution in [0.1, 0.15) is 107 Å². The molecule has 3 saturated carbocycles. The molecule has 0 aromatic heterocycles. The number of ether oxygens (including phenoxy) is 11. The standard InChI is InChI=1S/C56H88O26/c1-23(60)81-51(2,3)15-13-32(62)55(8)31-12-17-54(7)24-10-11-30-52(4,5)34(14-16-53(30,6)25(24)18-33(63)56(31,54)50(71)82-55)77-49-45(35(64)26(61)22-73-49)80-46-39(68)38(67)42(29(21-59)76-46)78-48-41(70)44(37(66)28(20-58)75-48)79-47-40(69)43(72-9)36(65)27(19-57)74-47/h18,24,26-31,33-49,57-59,61,63-70H,10-17,19-22H2,1-9H3. The summed E-state index contributed by atoms with van der Waals surface area (Å²) in [4.78, 5) is 40.5. The summed E-state index contributed by atoms with van der Waals surface area (Å²) >= 11 is 0. The first-order valence-corrected chi connectivity index (χ1v) is 28.8. The maximum Gasteiger partial charge on any atom is 0.317 e. The Kier molecular flexibility index (Phi) is 18.4. The molecule has 26 nitrogen and oxygen atoms in total. The first-order valence-electron chi connectivity index (χ1n) is 28.8. The van der Waals surface area contributed by atoms with Crippen LogP contribution in [-0.2, 0) is 66.5 Å². The minimum Gasteiger partial charge on any atom is -0.460 e. The lowest BCUT2D eigenvalue weighted by molar-refractivity contribution is -0.392. The molecule has 468 valence electrons. The van der Waals surface area contributed by atoms with Crippen molar-refractivity contribution in [3.05, 3.63) is 11.6 Å². The second-order valence-corrected chi connectivity index (χ2v) is 26.2. The second kappa shape index (κ2) is 23.6. The normalized spacial score (nSPS) is 50.1. The van der Waals surface area contributed by atoms with E-state index in [4.69, 9.17) is 52.1 Å². The van der Waals surface area contributed by atoms with E-state index < -0.39 is 199 Å². The number of hydrogen-bond donors (Lipinski definition) is 12. The van der Waals surface area contributed by atoms with E-state index in [0.717, 1.165) is 5.57 Å². The van der Waals surface area contributed by atoms with E-state index in [1.54, 1.807) is 20.8 Å². The molecule has 9 rings (SSSR count). The quantitative estimate of drug-likeness (QED) is 0.0407. The van der Waals surface area contributed by atoms with Crippen LogP contribution in [0.25, 0.3) is 0 Å². The SMILES string of the molecule is COC1C(O)C(CO)OC(OC2C(O)C(CO)OC(OC3C(CO)OC(OC4C(OC5CCC6(C)C7=CC(O)C89C(=O)OC(C)(C(=O)CCC(C)(C)OC(C)=O)C8CCC9(C)C7CCC6C5(C)C)OCC(O)C4O)C(O)C3O)C2O)C1O. The average molecular weight is 1180 g/mol. The third-order valence-electron chi connectivity index (χ3n) is 20.8. The molecular formula is C56H88O26. The highest BCUT2D eigenvalue weighted by atomic mass is 16.8. The summed E-state index contributed by atoms with van der Waals surface area (Å²) < 4.78 is 64.6. The molecular weight excluding hydrogens is 1090 g/mol. The van der Waals surface area contributed by atoms with Crippen LogP contribution >= 0.6 is 0 Å². The minimum atomic E-state index is -2.03. The third-order valence-corrected chi connectivity index (χ3v) is 20.8. The number of fused-ring (bicyclic) bond motifs is 4. The number of allylic oxidation sites excluding steroid dienone is 1. The maximum absolute atomic E-state index is 14.6. The Labute approximate surface area is 475 Å². The van der Waals surface area contributed by atoms with Gasteiger partial charge >= 0.3 is 11.9 Å². The number of carbonyl (C=O) groups excluding carboxylic acids is 3. The first kappa shape index (κ1) is 64.0. The van der Waals surface area contributed by atoms with Crippen molar-refractivity contribution in [1.29, 1.82) is 0 Å². The van der Waals surface area contributed by atoms with Crippen molar-refractivity contribution in [2.24, 2.45) is 39.4 Å². The zero-order valence-corrected chi connectivity index (χ0v) is 48.0. The Morgan fingerprint density at radius 2 is 1.22 bits per heavy atom. The van der Waals surface area contributed by atoms with Gasteiger partial charge in [-0.15, -0.1) is 0 Å². The zero-order valence-electron chi connectivity index (χ0n) is 48.0. The van der Waals surface area contributed by atoms with Gasteiger partial charge in [-0.25, -0.2) is 0 Å². The summed E-state index contributed by atoms with van der Waals surface area (Å²) in [5.41, 5.74) is -4.68. The van der Waals surface area contributed by atoms with Gasteiger partial charge in [0.1, 0.15) is 103 Å².